The largest absolute Gasteiger partial charge is 0.281 e. The zero-order valence-electron chi connectivity index (χ0n) is 9.33. The Morgan fingerprint density at radius 1 is 1.38 bits per heavy atom. The Kier molecular flexibility index (Phi) is 2.72. The van der Waals surface area contributed by atoms with Gasteiger partial charge in [0.2, 0.25) is 6.21 Å². The molecule has 1 aromatic carbocycles. The molecule has 1 saturated heterocycles. The lowest BCUT2D eigenvalue weighted by Crippen LogP contribution is -2.36. The molecule has 0 bridgehead atoms. The lowest BCUT2D eigenvalue weighted by molar-refractivity contribution is -0.620. The van der Waals surface area contributed by atoms with Gasteiger partial charge in [0.05, 0.1) is 6.42 Å². The van der Waals surface area contributed by atoms with Gasteiger partial charge in [-0.25, -0.2) is 0 Å². The Morgan fingerprint density at radius 3 is 2.50 bits per heavy atom. The van der Waals surface area contributed by atoms with E-state index in [9.17, 15) is 4.79 Å². The Hall–Kier alpha value is -1.35. The van der Waals surface area contributed by atoms with Crippen molar-refractivity contribution in [2.75, 3.05) is 0 Å². The summed E-state index contributed by atoms with van der Waals surface area (Å²) < 4.78 is 1.85. The number of benzene rings is 1. The quantitative estimate of drug-likeness (QED) is 0.745. The Labute approximate surface area is 99.7 Å². The van der Waals surface area contributed by atoms with Crippen molar-refractivity contribution in [1.82, 2.24) is 5.43 Å². The smallest absolute Gasteiger partial charge is 0.269 e. The maximum atomic E-state index is 11.3. The fourth-order valence-corrected chi connectivity index (χ4v) is 1.83. The molecule has 1 aliphatic rings. The second kappa shape index (κ2) is 3.91. The molecule has 0 aromatic heterocycles. The summed E-state index contributed by atoms with van der Waals surface area (Å²) in [6.07, 6.45) is 2.43. The minimum atomic E-state index is -0.184. The molecule has 0 atom stereocenters. The summed E-state index contributed by atoms with van der Waals surface area (Å²) in [5, 5.41) is 0.710. The van der Waals surface area contributed by atoms with E-state index in [-0.39, 0.29) is 11.4 Å². The van der Waals surface area contributed by atoms with E-state index < -0.39 is 0 Å². The molecule has 0 unspecified atom stereocenters. The zero-order chi connectivity index (χ0) is 11.8. The molecular weight excluding hydrogens is 224 g/mol. The van der Waals surface area contributed by atoms with Crippen LogP contribution in [-0.2, 0) is 4.79 Å². The SMILES string of the molecule is CC1(C)CC(=O)N/[N+]1=C\c1ccc(Cl)cc1. The monoisotopic (exact) mass is 237 g/mol. The number of hydrogen-bond acceptors (Lipinski definition) is 1. The van der Waals surface area contributed by atoms with Gasteiger partial charge in [-0.2, -0.15) is 0 Å². The average molecular weight is 238 g/mol. The number of hydrazine groups is 1. The first-order valence-corrected chi connectivity index (χ1v) is 5.54. The molecular formula is C12H14ClN2O+. The molecule has 3 nitrogen and oxygen atoms in total. The first kappa shape index (κ1) is 11.1. The zero-order valence-corrected chi connectivity index (χ0v) is 10.1. The van der Waals surface area contributed by atoms with Gasteiger partial charge in [0, 0.05) is 24.4 Å². The van der Waals surface area contributed by atoms with Crippen LogP contribution >= 0.6 is 11.6 Å². The van der Waals surface area contributed by atoms with Crippen LogP contribution < -0.4 is 5.43 Å². The van der Waals surface area contributed by atoms with Gasteiger partial charge in [-0.15, -0.1) is 10.1 Å². The summed E-state index contributed by atoms with van der Waals surface area (Å²) in [6, 6.07) is 7.50. The van der Waals surface area contributed by atoms with Crippen LogP contribution in [0.25, 0.3) is 0 Å². The number of hydrazone groups is 1. The van der Waals surface area contributed by atoms with Gasteiger partial charge in [-0.1, -0.05) is 11.6 Å². The van der Waals surface area contributed by atoms with Crippen molar-refractivity contribution < 1.29 is 9.48 Å². The fourth-order valence-electron chi connectivity index (χ4n) is 1.71. The van der Waals surface area contributed by atoms with Crippen LogP contribution in [0.4, 0.5) is 0 Å². The van der Waals surface area contributed by atoms with E-state index in [4.69, 9.17) is 11.6 Å². The second-order valence-electron chi connectivity index (χ2n) is 4.57. The first-order chi connectivity index (χ1) is 7.47. The number of nitrogens with one attached hydrogen (secondary N) is 1. The molecule has 0 spiro atoms. The van der Waals surface area contributed by atoms with Crippen molar-refractivity contribution in [3.05, 3.63) is 34.9 Å². The maximum absolute atomic E-state index is 11.3. The van der Waals surface area contributed by atoms with Crippen LogP contribution in [0.3, 0.4) is 0 Å². The minimum absolute atomic E-state index is 0.0511. The van der Waals surface area contributed by atoms with E-state index in [2.05, 4.69) is 5.43 Å². The van der Waals surface area contributed by atoms with Crippen molar-refractivity contribution in [2.45, 2.75) is 25.8 Å². The van der Waals surface area contributed by atoms with Crippen LogP contribution in [0.1, 0.15) is 25.8 Å². The predicted molar refractivity (Wildman–Crippen MR) is 63.7 cm³/mol. The minimum Gasteiger partial charge on any atom is -0.269 e. The molecule has 84 valence electrons. The number of carbonyl (C=O) groups is 1. The van der Waals surface area contributed by atoms with Gasteiger partial charge in [-0.3, -0.25) is 4.79 Å². The third-order valence-corrected chi connectivity index (χ3v) is 2.89. The van der Waals surface area contributed by atoms with Crippen molar-refractivity contribution in [1.29, 1.82) is 0 Å². The molecule has 4 heteroatoms. The molecule has 1 aromatic rings. The standard InChI is InChI=1S/C12H13ClN2O/c1-12(2)7-11(16)14-15(12)8-9-3-5-10(13)6-4-9/h3-6,8H,7H2,1-2H3/p+1/b15-8-. The molecule has 0 saturated carbocycles. The summed E-state index contributed by atoms with van der Waals surface area (Å²) in [5.41, 5.74) is 3.64. The first-order valence-electron chi connectivity index (χ1n) is 5.17. The lowest BCUT2D eigenvalue weighted by atomic mass is 10.0. The van der Waals surface area contributed by atoms with Gasteiger partial charge in [0.1, 0.15) is 0 Å². The molecule has 0 radical (unpaired) electrons. The highest BCUT2D eigenvalue weighted by atomic mass is 35.5. The molecule has 1 amide bonds. The van der Waals surface area contributed by atoms with E-state index in [1.54, 1.807) is 0 Å². The fraction of sp³-hybridized carbons (Fsp3) is 0.333. The molecule has 1 N–H and O–H groups in total. The van der Waals surface area contributed by atoms with Crippen molar-refractivity contribution in [3.8, 4) is 0 Å². The van der Waals surface area contributed by atoms with E-state index >= 15 is 0 Å². The second-order valence-corrected chi connectivity index (χ2v) is 5.01. The Bertz CT molecular complexity index is 449. The van der Waals surface area contributed by atoms with Crippen molar-refractivity contribution >= 4 is 23.7 Å². The Morgan fingerprint density at radius 2 is 2.00 bits per heavy atom. The highest BCUT2D eigenvalue weighted by Gasteiger charge is 2.42. The van der Waals surface area contributed by atoms with E-state index in [0.29, 0.717) is 11.4 Å². The van der Waals surface area contributed by atoms with Crippen molar-refractivity contribution in [3.63, 3.8) is 0 Å². The molecule has 2 rings (SSSR count). The van der Waals surface area contributed by atoms with Gasteiger partial charge < -0.3 is 0 Å². The summed E-state index contributed by atoms with van der Waals surface area (Å²) in [5.74, 6) is 0.0511. The molecule has 1 heterocycles. The van der Waals surface area contributed by atoms with E-state index in [1.807, 2.05) is 49.0 Å². The summed E-state index contributed by atoms with van der Waals surface area (Å²) in [4.78, 5) is 11.3. The third-order valence-electron chi connectivity index (χ3n) is 2.64. The number of nitrogens with zero attached hydrogens (tertiary/aromatic N) is 1. The number of amides is 1. The summed E-state index contributed by atoms with van der Waals surface area (Å²) in [7, 11) is 0. The number of rotatable bonds is 1. The molecule has 1 aliphatic heterocycles. The van der Waals surface area contributed by atoms with Crippen LogP contribution in [0.15, 0.2) is 24.3 Å². The van der Waals surface area contributed by atoms with Crippen LogP contribution in [-0.4, -0.2) is 22.3 Å². The van der Waals surface area contributed by atoms with E-state index in [0.717, 1.165) is 5.56 Å². The number of halogens is 1. The highest BCUT2D eigenvalue weighted by Crippen LogP contribution is 2.18. The van der Waals surface area contributed by atoms with Gasteiger partial charge in [-0.05, 0) is 24.3 Å². The summed E-state index contributed by atoms with van der Waals surface area (Å²) in [6.45, 7) is 4.05. The normalized spacial score (nSPS) is 21.2. The molecule has 1 fully saturated rings. The highest BCUT2D eigenvalue weighted by molar-refractivity contribution is 6.30. The van der Waals surface area contributed by atoms with E-state index in [1.165, 1.54) is 0 Å². The van der Waals surface area contributed by atoms with Gasteiger partial charge in [0.25, 0.3) is 5.91 Å². The lowest BCUT2D eigenvalue weighted by Gasteiger charge is -2.09. The van der Waals surface area contributed by atoms with Gasteiger partial charge in [0.15, 0.2) is 5.54 Å². The third kappa shape index (κ3) is 2.25. The maximum Gasteiger partial charge on any atom is 0.281 e. The summed E-state index contributed by atoms with van der Waals surface area (Å²) >= 11 is 5.81. The average Bonchev–Trinajstić information content (AvgIpc) is 2.43. The number of carbonyl (C=O) groups excluding carboxylic acids is 1. The predicted octanol–water partition coefficient (Wildman–Crippen LogP) is 1.98. The van der Waals surface area contributed by atoms with Crippen LogP contribution in [0, 0.1) is 0 Å². The van der Waals surface area contributed by atoms with Crippen molar-refractivity contribution in [2.24, 2.45) is 0 Å². The van der Waals surface area contributed by atoms with Crippen LogP contribution in [0.2, 0.25) is 5.02 Å². The number of hydrogen-bond donors (Lipinski definition) is 1. The topological polar surface area (TPSA) is 32.1 Å². The Balaban J connectivity index is 2.31. The van der Waals surface area contributed by atoms with Crippen LogP contribution in [0.5, 0.6) is 0 Å². The molecule has 0 aliphatic carbocycles. The van der Waals surface area contributed by atoms with Gasteiger partial charge >= 0.3 is 0 Å². The molecule has 16 heavy (non-hydrogen) atoms.